The van der Waals surface area contributed by atoms with Crippen molar-refractivity contribution in [3.8, 4) is 0 Å². The van der Waals surface area contributed by atoms with Crippen LogP contribution in [0, 0.1) is 6.92 Å². The Hall–Kier alpha value is -2.89. The molecule has 0 saturated carbocycles. The minimum atomic E-state index is -1.38. The van der Waals surface area contributed by atoms with Crippen LogP contribution in [0.5, 0.6) is 0 Å². The first-order chi connectivity index (χ1) is 15.9. The summed E-state index contributed by atoms with van der Waals surface area (Å²) in [5.41, 5.74) is 2.54. The van der Waals surface area contributed by atoms with Gasteiger partial charge in [-0.2, -0.15) is 5.10 Å². The van der Waals surface area contributed by atoms with Crippen molar-refractivity contribution in [1.82, 2.24) is 19.3 Å². The molecule has 0 spiro atoms. The zero-order valence-electron chi connectivity index (χ0n) is 18.9. The molecule has 3 heterocycles. The number of aryl methyl sites for hydroxylation is 3. The van der Waals surface area contributed by atoms with Crippen LogP contribution in [0.4, 0.5) is 5.95 Å². The number of benzene rings is 1. The standard InChI is InChI=1S/C22H27N5O5S/c1-4-27-17(11-14(2)25-27)20(28)24-22-23-16-12-15(21(29)31-3)13-18-19(16)26(22)7-5-8-32-9-6-10-33(18)30/h11-13H,4-10H2,1-3H3,(H,23,24,28). The molecule has 0 bridgehead atoms. The highest BCUT2D eigenvalue weighted by molar-refractivity contribution is 7.91. The summed E-state index contributed by atoms with van der Waals surface area (Å²) in [5.74, 6) is -0.173. The molecule has 11 heteroatoms. The molecule has 1 aliphatic heterocycles. The van der Waals surface area contributed by atoms with E-state index in [9.17, 15) is 14.1 Å². The molecular weight excluding hydrogens is 446 g/mol. The first-order valence-corrected chi connectivity index (χ1v) is 12.2. The molecule has 0 radical (unpaired) electrons. The van der Waals surface area contributed by atoms with Gasteiger partial charge in [0, 0.05) is 32.2 Å². The molecule has 3 aromatic rings. The van der Waals surface area contributed by atoms with Gasteiger partial charge >= 0.3 is 5.97 Å². The van der Waals surface area contributed by atoms with Crippen LogP contribution in [0.2, 0.25) is 0 Å². The molecule has 1 amide bonds. The maximum Gasteiger partial charge on any atom is 0.338 e. The van der Waals surface area contributed by atoms with E-state index >= 15 is 0 Å². The van der Waals surface area contributed by atoms with E-state index in [1.807, 2.05) is 18.4 Å². The number of ether oxygens (including phenoxy) is 2. The summed E-state index contributed by atoms with van der Waals surface area (Å²) in [5, 5.41) is 7.22. The summed E-state index contributed by atoms with van der Waals surface area (Å²) in [6.07, 6.45) is 1.32. The van der Waals surface area contributed by atoms with E-state index in [-0.39, 0.29) is 11.5 Å². The summed E-state index contributed by atoms with van der Waals surface area (Å²) in [6.45, 7) is 5.85. The predicted octanol–water partition coefficient (Wildman–Crippen LogP) is 2.52. The molecule has 176 valence electrons. The number of rotatable bonds is 4. The number of hydrogen-bond donors (Lipinski definition) is 1. The normalized spacial score (nSPS) is 16.9. The summed E-state index contributed by atoms with van der Waals surface area (Å²) < 4.78 is 27.2. The number of carbonyl (C=O) groups excluding carboxylic acids is 2. The third-order valence-corrected chi connectivity index (χ3v) is 6.88. The van der Waals surface area contributed by atoms with E-state index in [4.69, 9.17) is 9.47 Å². The van der Waals surface area contributed by atoms with Gasteiger partial charge in [0.15, 0.2) is 4.90 Å². The first-order valence-electron chi connectivity index (χ1n) is 10.9. The Kier molecular flexibility index (Phi) is 7.01. The summed E-state index contributed by atoms with van der Waals surface area (Å²) in [4.78, 5) is 30.5. The van der Waals surface area contributed by atoms with Crippen molar-refractivity contribution in [3.05, 3.63) is 35.2 Å². The molecule has 0 saturated heterocycles. The van der Waals surface area contributed by atoms with Gasteiger partial charge in [0.05, 0.1) is 30.5 Å². The molecule has 1 aromatic carbocycles. The zero-order valence-corrected chi connectivity index (χ0v) is 19.7. The number of nitrogens with one attached hydrogen (secondary N) is 1. The summed E-state index contributed by atoms with van der Waals surface area (Å²) in [6, 6.07) is 4.92. The average Bonchev–Trinajstić information content (AvgIpc) is 3.35. The maximum absolute atomic E-state index is 13.2. The SMILES string of the molecule is CCn1nc(C)cc1C(=O)Nc1nc2cc(C(=O)OC)cc3c2n1CCCOCCC[S+]3[O-]. The Morgan fingerprint density at radius 2 is 2.06 bits per heavy atom. The number of carbonyl (C=O) groups is 2. The van der Waals surface area contributed by atoms with Crippen LogP contribution >= 0.6 is 0 Å². The van der Waals surface area contributed by atoms with Crippen molar-refractivity contribution in [2.24, 2.45) is 0 Å². The van der Waals surface area contributed by atoms with Gasteiger partial charge in [-0.05, 0) is 43.6 Å². The molecule has 1 N–H and O–H groups in total. The number of imidazole rings is 1. The largest absolute Gasteiger partial charge is 0.611 e. The number of esters is 1. The topological polar surface area (TPSA) is 123 Å². The smallest absolute Gasteiger partial charge is 0.338 e. The molecule has 1 atom stereocenters. The molecule has 4 rings (SSSR count). The minimum absolute atomic E-state index is 0.265. The van der Waals surface area contributed by atoms with Crippen LogP contribution in [0.1, 0.15) is 46.3 Å². The lowest BCUT2D eigenvalue weighted by Gasteiger charge is -2.14. The highest BCUT2D eigenvalue weighted by atomic mass is 32.2. The highest BCUT2D eigenvalue weighted by Gasteiger charge is 2.26. The Balaban J connectivity index is 1.84. The lowest BCUT2D eigenvalue weighted by Crippen LogP contribution is -2.20. The predicted molar refractivity (Wildman–Crippen MR) is 123 cm³/mol. The van der Waals surface area contributed by atoms with Gasteiger partial charge in [0.2, 0.25) is 5.95 Å². The minimum Gasteiger partial charge on any atom is -0.611 e. The number of methoxy groups -OCH3 is 1. The van der Waals surface area contributed by atoms with Crippen LogP contribution in [-0.4, -0.2) is 61.8 Å². The van der Waals surface area contributed by atoms with Gasteiger partial charge in [0.25, 0.3) is 5.91 Å². The Morgan fingerprint density at radius 1 is 1.27 bits per heavy atom. The Bertz CT molecular complexity index is 1190. The van der Waals surface area contributed by atoms with Crippen molar-refractivity contribution in [2.45, 2.75) is 44.7 Å². The molecule has 10 nitrogen and oxygen atoms in total. The van der Waals surface area contributed by atoms with Gasteiger partial charge in [-0.1, -0.05) is 0 Å². The van der Waals surface area contributed by atoms with Crippen LogP contribution < -0.4 is 5.32 Å². The fourth-order valence-electron chi connectivity index (χ4n) is 3.92. The van der Waals surface area contributed by atoms with E-state index in [1.165, 1.54) is 7.11 Å². The second-order valence-electron chi connectivity index (χ2n) is 7.73. The van der Waals surface area contributed by atoms with Gasteiger partial charge in [-0.15, -0.1) is 0 Å². The molecule has 2 aromatic heterocycles. The summed E-state index contributed by atoms with van der Waals surface area (Å²) in [7, 11) is 1.30. The van der Waals surface area contributed by atoms with Crippen molar-refractivity contribution in [3.63, 3.8) is 0 Å². The number of hydrogen-bond acceptors (Lipinski definition) is 7. The van der Waals surface area contributed by atoms with Crippen LogP contribution in [0.3, 0.4) is 0 Å². The van der Waals surface area contributed by atoms with Gasteiger partial charge < -0.3 is 18.6 Å². The first kappa shape index (κ1) is 23.3. The summed E-state index contributed by atoms with van der Waals surface area (Å²) >= 11 is -1.38. The fraction of sp³-hybridized carbons (Fsp3) is 0.455. The monoisotopic (exact) mass is 473 g/mol. The number of aromatic nitrogens is 4. The van der Waals surface area contributed by atoms with Crippen LogP contribution in [0.25, 0.3) is 11.0 Å². The third-order valence-electron chi connectivity index (χ3n) is 5.42. The number of nitrogens with zero attached hydrogens (tertiary/aromatic N) is 4. The Labute approximate surface area is 194 Å². The van der Waals surface area contributed by atoms with Crippen LogP contribution in [-0.2, 0) is 33.7 Å². The van der Waals surface area contributed by atoms with Gasteiger partial charge in [-0.3, -0.25) is 14.8 Å². The van der Waals surface area contributed by atoms with E-state index < -0.39 is 17.1 Å². The molecule has 1 unspecified atom stereocenters. The van der Waals surface area contributed by atoms with E-state index in [0.717, 1.165) is 5.69 Å². The van der Waals surface area contributed by atoms with Crippen molar-refractivity contribution >= 4 is 40.0 Å². The van der Waals surface area contributed by atoms with E-state index in [0.29, 0.717) is 72.5 Å². The highest BCUT2D eigenvalue weighted by Crippen LogP contribution is 2.31. The second-order valence-corrected chi connectivity index (χ2v) is 9.27. The number of anilines is 1. The zero-order chi connectivity index (χ0) is 23.5. The molecule has 0 aliphatic carbocycles. The maximum atomic E-state index is 13.2. The second kappa shape index (κ2) is 9.94. The van der Waals surface area contributed by atoms with E-state index in [1.54, 1.807) is 22.9 Å². The lowest BCUT2D eigenvalue weighted by molar-refractivity contribution is 0.0600. The van der Waals surface area contributed by atoms with E-state index in [2.05, 4.69) is 15.4 Å². The van der Waals surface area contributed by atoms with Crippen LogP contribution in [0.15, 0.2) is 23.1 Å². The van der Waals surface area contributed by atoms with Crippen molar-refractivity contribution in [1.29, 1.82) is 0 Å². The average molecular weight is 474 g/mol. The van der Waals surface area contributed by atoms with Gasteiger partial charge in [0.1, 0.15) is 17.0 Å². The van der Waals surface area contributed by atoms with Gasteiger partial charge in [-0.25, -0.2) is 9.78 Å². The lowest BCUT2D eigenvalue weighted by atomic mass is 10.2. The third kappa shape index (κ3) is 4.75. The van der Waals surface area contributed by atoms with Crippen molar-refractivity contribution in [2.75, 3.05) is 31.4 Å². The van der Waals surface area contributed by atoms with Crippen molar-refractivity contribution < 1.29 is 23.6 Å². The molecular formula is C22H27N5O5S. The number of amides is 1. The fourth-order valence-corrected chi connectivity index (χ4v) is 5.20. The quantitative estimate of drug-likeness (QED) is 0.456. The molecule has 1 aliphatic rings. The Morgan fingerprint density at radius 3 is 2.82 bits per heavy atom. The molecule has 33 heavy (non-hydrogen) atoms. The molecule has 0 fully saturated rings.